The van der Waals surface area contributed by atoms with Crippen LogP contribution in [0.1, 0.15) is 55.8 Å². The molecular formula is C20H25FN2O3. The molecule has 0 unspecified atom stereocenters. The summed E-state index contributed by atoms with van der Waals surface area (Å²) in [4.78, 5) is 27.6. The van der Waals surface area contributed by atoms with Crippen molar-refractivity contribution >= 4 is 11.8 Å². The Bertz CT molecular complexity index is 721. The molecule has 0 radical (unpaired) electrons. The van der Waals surface area contributed by atoms with Crippen molar-refractivity contribution in [3.63, 3.8) is 0 Å². The molecule has 1 aromatic rings. The van der Waals surface area contributed by atoms with Gasteiger partial charge in [-0.2, -0.15) is 0 Å². The van der Waals surface area contributed by atoms with Gasteiger partial charge in [0.25, 0.3) is 5.91 Å². The molecule has 4 rings (SSSR count). The monoisotopic (exact) mass is 360 g/mol. The zero-order valence-electron chi connectivity index (χ0n) is 15.0. The van der Waals surface area contributed by atoms with E-state index in [9.17, 15) is 14.0 Å². The molecule has 3 aliphatic rings. The molecule has 1 saturated heterocycles. The highest BCUT2D eigenvalue weighted by molar-refractivity contribution is 5.98. The van der Waals surface area contributed by atoms with Gasteiger partial charge in [0.15, 0.2) is 0 Å². The Hall–Kier alpha value is -1.95. The molecule has 140 valence electrons. The predicted octanol–water partition coefficient (Wildman–Crippen LogP) is 2.85. The summed E-state index contributed by atoms with van der Waals surface area (Å²) in [6.07, 6.45) is 5.32. The van der Waals surface area contributed by atoms with E-state index in [0.29, 0.717) is 18.8 Å². The van der Waals surface area contributed by atoms with E-state index in [1.54, 1.807) is 17.0 Å². The molecule has 1 heterocycles. The highest BCUT2D eigenvalue weighted by Crippen LogP contribution is 2.43. The molecule has 1 spiro atoms. The van der Waals surface area contributed by atoms with E-state index < -0.39 is 23.5 Å². The number of amides is 2. The molecule has 1 N–H and O–H groups in total. The molecule has 6 heteroatoms. The lowest BCUT2D eigenvalue weighted by molar-refractivity contribution is -0.128. The first-order valence-corrected chi connectivity index (χ1v) is 9.53. The molecule has 2 aliphatic carbocycles. The SMILES string of the molecule is C[C@@H]1CCC[C@@]2(C1)OC[C@@H](C(=O)NC1CC1)N2C(=O)c1ccccc1F. The Morgan fingerprint density at radius 1 is 1.27 bits per heavy atom. The molecule has 1 aromatic carbocycles. The molecule has 3 atom stereocenters. The minimum absolute atomic E-state index is 0.000163. The largest absolute Gasteiger partial charge is 0.353 e. The fraction of sp³-hybridized carbons (Fsp3) is 0.600. The Balaban J connectivity index is 1.68. The van der Waals surface area contributed by atoms with Gasteiger partial charge in [-0.3, -0.25) is 14.5 Å². The number of benzene rings is 1. The number of rotatable bonds is 3. The third-order valence-corrected chi connectivity index (χ3v) is 5.74. The van der Waals surface area contributed by atoms with Crippen LogP contribution in [0.4, 0.5) is 4.39 Å². The van der Waals surface area contributed by atoms with Crippen LogP contribution in [0.2, 0.25) is 0 Å². The first kappa shape index (κ1) is 17.5. The first-order chi connectivity index (χ1) is 12.5. The molecule has 2 amide bonds. The minimum atomic E-state index is -0.803. The van der Waals surface area contributed by atoms with Gasteiger partial charge in [0.2, 0.25) is 5.91 Å². The van der Waals surface area contributed by atoms with Gasteiger partial charge >= 0.3 is 0 Å². The molecule has 2 saturated carbocycles. The average Bonchev–Trinajstić information content (AvgIpc) is 3.35. The summed E-state index contributed by atoms with van der Waals surface area (Å²) in [5, 5.41) is 2.97. The lowest BCUT2D eigenvalue weighted by Gasteiger charge is -2.43. The van der Waals surface area contributed by atoms with Gasteiger partial charge < -0.3 is 10.1 Å². The lowest BCUT2D eigenvalue weighted by Crippen LogP contribution is -2.57. The van der Waals surface area contributed by atoms with Crippen LogP contribution in [0.25, 0.3) is 0 Å². The second kappa shape index (κ2) is 6.65. The van der Waals surface area contributed by atoms with Gasteiger partial charge in [-0.15, -0.1) is 0 Å². The number of carbonyl (C=O) groups is 2. The molecule has 26 heavy (non-hydrogen) atoms. The van der Waals surface area contributed by atoms with E-state index in [-0.39, 0.29) is 24.1 Å². The van der Waals surface area contributed by atoms with Crippen molar-refractivity contribution in [1.29, 1.82) is 0 Å². The third-order valence-electron chi connectivity index (χ3n) is 5.74. The Kier molecular flexibility index (Phi) is 4.47. The van der Waals surface area contributed by atoms with Crippen LogP contribution in [0.5, 0.6) is 0 Å². The number of nitrogens with zero attached hydrogens (tertiary/aromatic N) is 1. The number of hydrogen-bond donors (Lipinski definition) is 1. The van der Waals surface area contributed by atoms with Crippen molar-refractivity contribution in [1.82, 2.24) is 10.2 Å². The zero-order chi connectivity index (χ0) is 18.3. The van der Waals surface area contributed by atoms with Gasteiger partial charge in [0, 0.05) is 6.04 Å². The lowest BCUT2D eigenvalue weighted by atomic mass is 9.83. The van der Waals surface area contributed by atoms with Crippen LogP contribution >= 0.6 is 0 Å². The maximum Gasteiger partial charge on any atom is 0.259 e. The fourth-order valence-corrected chi connectivity index (χ4v) is 4.30. The van der Waals surface area contributed by atoms with E-state index in [2.05, 4.69) is 12.2 Å². The number of ether oxygens (including phenoxy) is 1. The Morgan fingerprint density at radius 3 is 2.73 bits per heavy atom. The average molecular weight is 360 g/mol. The third kappa shape index (κ3) is 3.11. The predicted molar refractivity (Wildman–Crippen MR) is 93.8 cm³/mol. The van der Waals surface area contributed by atoms with E-state index in [1.165, 1.54) is 12.1 Å². The first-order valence-electron chi connectivity index (χ1n) is 9.53. The van der Waals surface area contributed by atoms with Crippen molar-refractivity contribution in [2.75, 3.05) is 6.61 Å². The summed E-state index contributed by atoms with van der Waals surface area (Å²) >= 11 is 0. The summed E-state index contributed by atoms with van der Waals surface area (Å²) in [5.74, 6) is -0.812. The summed E-state index contributed by atoms with van der Waals surface area (Å²) in [7, 11) is 0. The maximum absolute atomic E-state index is 14.3. The van der Waals surface area contributed by atoms with Crippen molar-refractivity contribution < 1.29 is 18.7 Å². The summed E-state index contributed by atoms with van der Waals surface area (Å²) in [6.45, 7) is 2.30. The van der Waals surface area contributed by atoms with Crippen LogP contribution < -0.4 is 5.32 Å². The van der Waals surface area contributed by atoms with Crippen LogP contribution in [-0.4, -0.2) is 41.1 Å². The maximum atomic E-state index is 14.3. The van der Waals surface area contributed by atoms with Crippen LogP contribution in [0, 0.1) is 11.7 Å². The van der Waals surface area contributed by atoms with Crippen LogP contribution in [0.3, 0.4) is 0 Å². The molecule has 3 fully saturated rings. The van der Waals surface area contributed by atoms with Crippen LogP contribution in [-0.2, 0) is 9.53 Å². The van der Waals surface area contributed by atoms with Gasteiger partial charge in [-0.25, -0.2) is 4.39 Å². The van der Waals surface area contributed by atoms with Crippen molar-refractivity contribution in [2.24, 2.45) is 5.92 Å². The summed E-state index contributed by atoms with van der Waals surface area (Å²) in [6, 6.07) is 5.46. The van der Waals surface area contributed by atoms with Crippen molar-refractivity contribution in [2.45, 2.75) is 63.3 Å². The Labute approximate surface area is 152 Å². The quantitative estimate of drug-likeness (QED) is 0.902. The standard InChI is InChI=1S/C20H25FN2O3/c1-13-5-4-10-20(11-13)23(19(25)15-6-2-3-7-16(15)21)17(12-26-20)18(24)22-14-8-9-14/h2-3,6-7,13-14,17H,4-5,8-12H2,1H3,(H,22,24)/t13-,17+,20+/m1/s1. The number of carbonyl (C=O) groups excluding carboxylic acids is 2. The van der Waals surface area contributed by atoms with Gasteiger partial charge in [0.1, 0.15) is 17.6 Å². The fourth-order valence-electron chi connectivity index (χ4n) is 4.30. The van der Waals surface area contributed by atoms with E-state index in [1.807, 2.05) is 0 Å². The van der Waals surface area contributed by atoms with Crippen molar-refractivity contribution in [3.8, 4) is 0 Å². The highest BCUT2D eigenvalue weighted by Gasteiger charge is 2.54. The molecule has 0 aromatic heterocycles. The second-order valence-electron chi connectivity index (χ2n) is 7.91. The zero-order valence-corrected chi connectivity index (χ0v) is 15.0. The molecule has 5 nitrogen and oxygen atoms in total. The van der Waals surface area contributed by atoms with Gasteiger partial charge in [-0.1, -0.05) is 25.5 Å². The van der Waals surface area contributed by atoms with Crippen molar-refractivity contribution in [3.05, 3.63) is 35.6 Å². The summed E-state index contributed by atoms with van der Waals surface area (Å²) < 4.78 is 20.4. The van der Waals surface area contributed by atoms with E-state index in [4.69, 9.17) is 4.74 Å². The highest BCUT2D eigenvalue weighted by atomic mass is 19.1. The Morgan fingerprint density at radius 2 is 2.04 bits per heavy atom. The number of halogens is 1. The molecular weight excluding hydrogens is 335 g/mol. The normalized spacial score (nSPS) is 31.2. The minimum Gasteiger partial charge on any atom is -0.353 e. The summed E-state index contributed by atoms with van der Waals surface area (Å²) in [5.41, 5.74) is -0.803. The number of nitrogens with one attached hydrogen (secondary N) is 1. The van der Waals surface area contributed by atoms with Gasteiger partial charge in [-0.05, 0) is 50.2 Å². The van der Waals surface area contributed by atoms with Gasteiger partial charge in [0.05, 0.1) is 12.2 Å². The smallest absolute Gasteiger partial charge is 0.259 e. The molecule has 1 aliphatic heterocycles. The molecule has 0 bridgehead atoms. The topological polar surface area (TPSA) is 58.6 Å². The van der Waals surface area contributed by atoms with E-state index >= 15 is 0 Å². The van der Waals surface area contributed by atoms with E-state index in [0.717, 1.165) is 25.7 Å². The number of hydrogen-bond acceptors (Lipinski definition) is 3. The van der Waals surface area contributed by atoms with Crippen LogP contribution in [0.15, 0.2) is 24.3 Å². The second-order valence-corrected chi connectivity index (χ2v) is 7.91.